The SMILES string of the molecule is C[C@@]1(C2CCN(C(=O)c3ncc[nH]3)CC2)CN(c2ccc(F)cc2)C(=O)O1. The van der Waals surface area contributed by atoms with Crippen molar-refractivity contribution in [2.24, 2.45) is 5.92 Å². The molecule has 2 aliphatic rings. The number of carbonyl (C=O) groups excluding carboxylic acids is 2. The second kappa shape index (κ2) is 6.68. The van der Waals surface area contributed by atoms with Crippen LogP contribution in [0.2, 0.25) is 0 Å². The largest absolute Gasteiger partial charge is 0.441 e. The van der Waals surface area contributed by atoms with Gasteiger partial charge in [-0.05, 0) is 44.0 Å². The van der Waals surface area contributed by atoms with Crippen LogP contribution in [0.15, 0.2) is 36.7 Å². The highest BCUT2D eigenvalue weighted by Gasteiger charge is 2.48. The lowest BCUT2D eigenvalue weighted by molar-refractivity contribution is -0.00467. The summed E-state index contributed by atoms with van der Waals surface area (Å²) in [5, 5.41) is 0. The Bertz CT molecular complexity index is 831. The van der Waals surface area contributed by atoms with Crippen molar-refractivity contribution in [3.63, 3.8) is 0 Å². The van der Waals surface area contributed by atoms with Gasteiger partial charge in [0, 0.05) is 37.1 Å². The molecule has 1 aromatic carbocycles. The Morgan fingerprint density at radius 1 is 1.30 bits per heavy atom. The summed E-state index contributed by atoms with van der Waals surface area (Å²) in [6.07, 6.45) is 4.26. The second-order valence-electron chi connectivity index (χ2n) is 7.25. The third-order valence-corrected chi connectivity index (χ3v) is 5.50. The number of amides is 2. The first kappa shape index (κ1) is 17.5. The maximum Gasteiger partial charge on any atom is 0.415 e. The summed E-state index contributed by atoms with van der Waals surface area (Å²) in [4.78, 5) is 34.9. The highest BCUT2D eigenvalue weighted by molar-refractivity contribution is 5.91. The van der Waals surface area contributed by atoms with E-state index < -0.39 is 11.7 Å². The van der Waals surface area contributed by atoms with Gasteiger partial charge in [-0.2, -0.15) is 0 Å². The Kier molecular flexibility index (Phi) is 4.33. The number of carbonyl (C=O) groups is 2. The Labute approximate surface area is 156 Å². The Morgan fingerprint density at radius 2 is 2.00 bits per heavy atom. The van der Waals surface area contributed by atoms with Crippen molar-refractivity contribution >= 4 is 17.7 Å². The minimum atomic E-state index is -0.634. The fourth-order valence-corrected chi connectivity index (χ4v) is 3.92. The molecule has 0 unspecified atom stereocenters. The van der Waals surface area contributed by atoms with Gasteiger partial charge in [0.2, 0.25) is 0 Å². The van der Waals surface area contributed by atoms with Gasteiger partial charge in [-0.15, -0.1) is 0 Å². The maximum absolute atomic E-state index is 13.1. The number of hydrogen-bond acceptors (Lipinski definition) is 4. The van der Waals surface area contributed by atoms with Crippen LogP contribution in [0.1, 0.15) is 30.4 Å². The lowest BCUT2D eigenvalue weighted by atomic mass is 9.81. The molecule has 2 amide bonds. The summed E-state index contributed by atoms with van der Waals surface area (Å²) in [6, 6.07) is 5.81. The molecule has 3 heterocycles. The topological polar surface area (TPSA) is 78.5 Å². The summed E-state index contributed by atoms with van der Waals surface area (Å²) in [5.74, 6) is 0.0321. The number of aromatic amines is 1. The zero-order valence-electron chi connectivity index (χ0n) is 15.0. The number of aromatic nitrogens is 2. The van der Waals surface area contributed by atoms with Crippen LogP contribution in [0.4, 0.5) is 14.9 Å². The molecule has 2 fully saturated rings. The van der Waals surface area contributed by atoms with E-state index >= 15 is 0 Å². The standard InChI is InChI=1S/C19H21FN4O3/c1-19(12-24(18(26)27-19)15-4-2-14(20)3-5-15)13-6-10-23(11-7-13)17(25)16-21-8-9-22-16/h2-5,8-9,13H,6-7,10-12H2,1H3,(H,21,22)/t19-/m0/s1. The van der Waals surface area contributed by atoms with Gasteiger partial charge in [-0.3, -0.25) is 9.69 Å². The summed E-state index contributed by atoms with van der Waals surface area (Å²) in [5.41, 5.74) is -0.0128. The van der Waals surface area contributed by atoms with Gasteiger partial charge in [0.1, 0.15) is 11.4 Å². The predicted octanol–water partition coefficient (Wildman–Crippen LogP) is 2.82. The zero-order valence-corrected chi connectivity index (χ0v) is 15.0. The van der Waals surface area contributed by atoms with Crippen LogP contribution in [-0.2, 0) is 4.74 Å². The van der Waals surface area contributed by atoms with Gasteiger partial charge >= 0.3 is 6.09 Å². The number of halogens is 1. The number of hydrogen-bond donors (Lipinski definition) is 1. The van der Waals surface area contributed by atoms with Gasteiger partial charge in [0.05, 0.1) is 6.54 Å². The van der Waals surface area contributed by atoms with Crippen molar-refractivity contribution in [3.8, 4) is 0 Å². The number of ether oxygens (including phenoxy) is 1. The summed E-state index contributed by atoms with van der Waals surface area (Å²) < 4.78 is 18.9. The third kappa shape index (κ3) is 3.27. The van der Waals surface area contributed by atoms with Crippen molar-refractivity contribution in [1.29, 1.82) is 0 Å². The van der Waals surface area contributed by atoms with E-state index in [1.54, 1.807) is 34.3 Å². The molecule has 27 heavy (non-hydrogen) atoms. The highest BCUT2D eigenvalue weighted by Crippen LogP contribution is 2.38. The van der Waals surface area contributed by atoms with Crippen LogP contribution in [0.25, 0.3) is 0 Å². The molecule has 2 saturated heterocycles. The normalized spacial score (nSPS) is 23.6. The molecule has 1 N–H and O–H groups in total. The molecular formula is C19H21FN4O3. The molecule has 0 spiro atoms. The Hall–Kier alpha value is -2.90. The zero-order chi connectivity index (χ0) is 19.0. The van der Waals surface area contributed by atoms with Crippen LogP contribution in [-0.4, -0.2) is 52.1 Å². The average Bonchev–Trinajstić information content (AvgIpc) is 3.31. The quantitative estimate of drug-likeness (QED) is 0.899. The van der Waals surface area contributed by atoms with Gasteiger partial charge in [0.15, 0.2) is 5.82 Å². The molecule has 1 aromatic heterocycles. The minimum absolute atomic E-state index is 0.111. The van der Waals surface area contributed by atoms with Crippen molar-refractivity contribution in [3.05, 3.63) is 48.3 Å². The highest BCUT2D eigenvalue weighted by atomic mass is 19.1. The molecule has 4 rings (SSSR count). The number of imidazole rings is 1. The van der Waals surface area contributed by atoms with Gasteiger partial charge in [-0.1, -0.05) is 0 Å². The average molecular weight is 372 g/mol. The molecule has 0 radical (unpaired) electrons. The van der Waals surface area contributed by atoms with Crippen molar-refractivity contribution in [1.82, 2.24) is 14.9 Å². The number of nitrogens with zero attached hydrogens (tertiary/aromatic N) is 3. The number of nitrogens with one attached hydrogen (secondary N) is 1. The van der Waals surface area contributed by atoms with E-state index in [-0.39, 0.29) is 17.6 Å². The van der Waals surface area contributed by atoms with E-state index in [9.17, 15) is 14.0 Å². The number of benzene rings is 1. The molecule has 0 bridgehead atoms. The van der Waals surface area contributed by atoms with E-state index in [0.717, 1.165) is 12.8 Å². The van der Waals surface area contributed by atoms with E-state index in [0.29, 0.717) is 31.1 Å². The van der Waals surface area contributed by atoms with E-state index in [2.05, 4.69) is 9.97 Å². The fourth-order valence-electron chi connectivity index (χ4n) is 3.92. The predicted molar refractivity (Wildman–Crippen MR) is 95.8 cm³/mol. The molecule has 0 saturated carbocycles. The summed E-state index contributed by atoms with van der Waals surface area (Å²) in [7, 11) is 0. The van der Waals surface area contributed by atoms with E-state index in [4.69, 9.17) is 4.74 Å². The number of cyclic esters (lactones) is 1. The van der Waals surface area contributed by atoms with Crippen molar-refractivity contribution in [2.75, 3.05) is 24.5 Å². The molecule has 2 aliphatic heterocycles. The lowest BCUT2D eigenvalue weighted by Crippen LogP contribution is -2.47. The second-order valence-corrected chi connectivity index (χ2v) is 7.25. The molecular weight excluding hydrogens is 351 g/mol. The van der Waals surface area contributed by atoms with Gasteiger partial charge in [-0.25, -0.2) is 14.2 Å². The lowest BCUT2D eigenvalue weighted by Gasteiger charge is -2.38. The number of H-pyrrole nitrogens is 1. The van der Waals surface area contributed by atoms with Gasteiger partial charge in [0.25, 0.3) is 5.91 Å². The number of anilines is 1. The van der Waals surface area contributed by atoms with Crippen LogP contribution >= 0.6 is 0 Å². The van der Waals surface area contributed by atoms with Crippen LogP contribution in [0.3, 0.4) is 0 Å². The maximum atomic E-state index is 13.1. The van der Waals surface area contributed by atoms with Crippen LogP contribution in [0, 0.1) is 11.7 Å². The molecule has 7 nitrogen and oxygen atoms in total. The smallest absolute Gasteiger partial charge is 0.415 e. The monoisotopic (exact) mass is 372 g/mol. The number of likely N-dealkylation sites (tertiary alicyclic amines) is 1. The first-order valence-electron chi connectivity index (χ1n) is 9.01. The molecule has 142 valence electrons. The first-order valence-corrected chi connectivity index (χ1v) is 9.01. The molecule has 8 heteroatoms. The number of rotatable bonds is 3. The number of piperidine rings is 1. The van der Waals surface area contributed by atoms with Crippen molar-refractivity contribution in [2.45, 2.75) is 25.4 Å². The Morgan fingerprint density at radius 3 is 2.63 bits per heavy atom. The van der Waals surface area contributed by atoms with Gasteiger partial charge < -0.3 is 14.6 Å². The van der Waals surface area contributed by atoms with E-state index in [1.807, 2.05) is 6.92 Å². The van der Waals surface area contributed by atoms with E-state index in [1.165, 1.54) is 12.1 Å². The Balaban J connectivity index is 1.41. The fraction of sp³-hybridized carbons (Fsp3) is 0.421. The molecule has 1 atom stereocenters. The third-order valence-electron chi connectivity index (χ3n) is 5.50. The first-order chi connectivity index (χ1) is 13.0. The van der Waals surface area contributed by atoms with Crippen LogP contribution in [0.5, 0.6) is 0 Å². The summed E-state index contributed by atoms with van der Waals surface area (Å²) in [6.45, 7) is 3.53. The minimum Gasteiger partial charge on any atom is -0.441 e. The summed E-state index contributed by atoms with van der Waals surface area (Å²) >= 11 is 0. The van der Waals surface area contributed by atoms with Crippen LogP contribution < -0.4 is 4.90 Å². The molecule has 2 aromatic rings. The van der Waals surface area contributed by atoms with Crippen molar-refractivity contribution < 1.29 is 18.7 Å². The molecule has 0 aliphatic carbocycles.